The number of hydrogen-bond donors (Lipinski definition) is 0. The minimum atomic E-state index is -0.363. The summed E-state index contributed by atoms with van der Waals surface area (Å²) in [5.74, 6) is 1.29. The summed E-state index contributed by atoms with van der Waals surface area (Å²) in [4.78, 5) is 10.7. The molecule has 2 aliphatic carbocycles. The average Bonchev–Trinajstić information content (AvgIpc) is 2.87. The maximum Gasteiger partial charge on any atom is 0.269 e. The molecule has 0 saturated heterocycles. The Kier molecular flexibility index (Phi) is 4.16. The van der Waals surface area contributed by atoms with Crippen LogP contribution < -0.4 is 0 Å². The van der Waals surface area contributed by atoms with Crippen molar-refractivity contribution in [1.82, 2.24) is 0 Å². The van der Waals surface area contributed by atoms with Gasteiger partial charge in [0.25, 0.3) is 5.69 Å². The molecule has 5 nitrogen and oxygen atoms in total. The molecule has 118 valence electrons. The Morgan fingerprint density at radius 2 is 1.91 bits per heavy atom. The number of benzene rings is 1. The van der Waals surface area contributed by atoms with E-state index in [-0.39, 0.29) is 16.7 Å². The standard InChI is InChI=1S/C17H21NO4/c1-21-16-14-10-12(18(19)20)8-9-13(14)15(17(16)22-2)11-6-4-3-5-7-11/h8-11,16H,3-7H2,1-2H3. The highest BCUT2D eigenvalue weighted by Crippen LogP contribution is 2.49. The molecule has 1 aromatic rings. The van der Waals surface area contributed by atoms with E-state index in [1.807, 2.05) is 6.07 Å². The van der Waals surface area contributed by atoms with Crippen LogP contribution in [-0.2, 0) is 9.47 Å². The SMILES string of the molecule is COC1=C(C2CCCCC2)c2ccc([N+](=O)[O-])cc2C1OC. The van der Waals surface area contributed by atoms with Gasteiger partial charge in [0.05, 0.1) is 12.0 Å². The van der Waals surface area contributed by atoms with Crippen molar-refractivity contribution in [2.24, 2.45) is 5.92 Å². The number of methoxy groups -OCH3 is 2. The summed E-state index contributed by atoms with van der Waals surface area (Å²) in [6.07, 6.45) is 5.70. The van der Waals surface area contributed by atoms with E-state index < -0.39 is 0 Å². The first-order valence-corrected chi connectivity index (χ1v) is 7.77. The quantitative estimate of drug-likeness (QED) is 0.616. The topological polar surface area (TPSA) is 61.6 Å². The lowest BCUT2D eigenvalue weighted by Gasteiger charge is -2.24. The van der Waals surface area contributed by atoms with Gasteiger partial charge in [-0.15, -0.1) is 0 Å². The minimum absolute atomic E-state index is 0.0983. The number of ether oxygens (including phenoxy) is 2. The van der Waals surface area contributed by atoms with Gasteiger partial charge in [0, 0.05) is 30.4 Å². The fourth-order valence-electron chi connectivity index (χ4n) is 3.80. The maximum absolute atomic E-state index is 11.0. The minimum Gasteiger partial charge on any atom is -0.498 e. The molecule has 0 aromatic heterocycles. The third kappa shape index (κ3) is 2.39. The van der Waals surface area contributed by atoms with Gasteiger partial charge in [-0.3, -0.25) is 10.1 Å². The average molecular weight is 303 g/mol. The third-order valence-corrected chi connectivity index (χ3v) is 4.79. The van der Waals surface area contributed by atoms with E-state index in [0.29, 0.717) is 5.92 Å². The monoisotopic (exact) mass is 303 g/mol. The van der Waals surface area contributed by atoms with Crippen LogP contribution >= 0.6 is 0 Å². The number of nitro benzene ring substituents is 1. The second-order valence-electron chi connectivity index (χ2n) is 5.96. The highest BCUT2D eigenvalue weighted by atomic mass is 16.6. The summed E-state index contributed by atoms with van der Waals surface area (Å²) in [5, 5.41) is 11.0. The smallest absolute Gasteiger partial charge is 0.269 e. The molecule has 1 saturated carbocycles. The highest BCUT2D eigenvalue weighted by molar-refractivity contribution is 5.79. The van der Waals surface area contributed by atoms with Gasteiger partial charge >= 0.3 is 0 Å². The van der Waals surface area contributed by atoms with E-state index in [4.69, 9.17) is 9.47 Å². The van der Waals surface area contributed by atoms with Crippen LogP contribution in [0.25, 0.3) is 5.57 Å². The van der Waals surface area contributed by atoms with Gasteiger partial charge in [-0.2, -0.15) is 0 Å². The van der Waals surface area contributed by atoms with Gasteiger partial charge in [-0.25, -0.2) is 0 Å². The van der Waals surface area contributed by atoms with Crippen LogP contribution in [0.1, 0.15) is 49.3 Å². The molecule has 0 amide bonds. The number of allylic oxidation sites excluding steroid dienone is 1. The Morgan fingerprint density at radius 1 is 1.18 bits per heavy atom. The lowest BCUT2D eigenvalue weighted by molar-refractivity contribution is -0.385. The second-order valence-corrected chi connectivity index (χ2v) is 5.96. The van der Waals surface area contributed by atoms with Crippen LogP contribution in [0, 0.1) is 16.0 Å². The summed E-state index contributed by atoms with van der Waals surface area (Å²) < 4.78 is 11.2. The van der Waals surface area contributed by atoms with Crippen molar-refractivity contribution >= 4 is 11.3 Å². The van der Waals surface area contributed by atoms with E-state index in [0.717, 1.165) is 29.7 Å². The van der Waals surface area contributed by atoms with Gasteiger partial charge in [0.2, 0.25) is 0 Å². The number of nitro groups is 1. The molecule has 1 atom stereocenters. The van der Waals surface area contributed by atoms with E-state index >= 15 is 0 Å². The summed E-state index contributed by atoms with van der Waals surface area (Å²) in [6, 6.07) is 5.06. The van der Waals surface area contributed by atoms with Crippen molar-refractivity contribution in [2.45, 2.75) is 38.2 Å². The predicted octanol–water partition coefficient (Wildman–Crippen LogP) is 4.23. The lowest BCUT2D eigenvalue weighted by atomic mass is 9.81. The van der Waals surface area contributed by atoms with E-state index in [9.17, 15) is 10.1 Å². The first-order chi connectivity index (χ1) is 10.7. The molecule has 3 rings (SSSR count). The molecule has 5 heteroatoms. The summed E-state index contributed by atoms with van der Waals surface area (Å²) >= 11 is 0. The zero-order chi connectivity index (χ0) is 15.7. The first kappa shape index (κ1) is 15.0. The van der Waals surface area contributed by atoms with E-state index in [1.165, 1.54) is 24.8 Å². The van der Waals surface area contributed by atoms with Crippen LogP contribution in [0.5, 0.6) is 0 Å². The largest absolute Gasteiger partial charge is 0.498 e. The van der Waals surface area contributed by atoms with Gasteiger partial charge in [-0.1, -0.05) is 19.3 Å². The fraction of sp³-hybridized carbons (Fsp3) is 0.529. The normalized spacial score (nSPS) is 21.8. The Bertz CT molecular complexity index is 617. The fourth-order valence-corrected chi connectivity index (χ4v) is 3.80. The van der Waals surface area contributed by atoms with Crippen LogP contribution in [0.15, 0.2) is 24.0 Å². The Hall–Kier alpha value is -1.88. The van der Waals surface area contributed by atoms with Crippen molar-refractivity contribution < 1.29 is 14.4 Å². The number of rotatable bonds is 4. The van der Waals surface area contributed by atoms with Gasteiger partial charge in [-0.05, 0) is 30.4 Å². The van der Waals surface area contributed by atoms with Crippen LogP contribution in [0.4, 0.5) is 5.69 Å². The molecule has 0 bridgehead atoms. The number of fused-ring (bicyclic) bond motifs is 1. The lowest BCUT2D eigenvalue weighted by Crippen LogP contribution is -2.10. The van der Waals surface area contributed by atoms with Gasteiger partial charge in [0.1, 0.15) is 11.9 Å². The van der Waals surface area contributed by atoms with Crippen LogP contribution in [-0.4, -0.2) is 19.1 Å². The molecule has 1 unspecified atom stereocenters. The Labute approximate surface area is 130 Å². The molecule has 22 heavy (non-hydrogen) atoms. The Balaban J connectivity index is 2.08. The first-order valence-electron chi connectivity index (χ1n) is 7.77. The van der Waals surface area contributed by atoms with Crippen molar-refractivity contribution in [2.75, 3.05) is 14.2 Å². The van der Waals surface area contributed by atoms with Crippen molar-refractivity contribution in [3.63, 3.8) is 0 Å². The molecular formula is C17H21NO4. The summed E-state index contributed by atoms with van der Waals surface area (Å²) in [7, 11) is 3.28. The van der Waals surface area contributed by atoms with Crippen molar-refractivity contribution in [1.29, 1.82) is 0 Å². The molecule has 2 aliphatic rings. The molecule has 1 aromatic carbocycles. The summed E-state index contributed by atoms with van der Waals surface area (Å²) in [5.41, 5.74) is 3.20. The molecule has 0 N–H and O–H groups in total. The van der Waals surface area contributed by atoms with E-state index in [2.05, 4.69) is 0 Å². The maximum atomic E-state index is 11.0. The third-order valence-electron chi connectivity index (χ3n) is 4.79. The molecule has 1 fully saturated rings. The molecular weight excluding hydrogens is 282 g/mol. The number of non-ortho nitro benzene ring substituents is 1. The Morgan fingerprint density at radius 3 is 2.50 bits per heavy atom. The summed E-state index contributed by atoms with van der Waals surface area (Å²) in [6.45, 7) is 0. The van der Waals surface area contributed by atoms with Crippen LogP contribution in [0.2, 0.25) is 0 Å². The highest BCUT2D eigenvalue weighted by Gasteiger charge is 2.37. The number of nitrogens with zero attached hydrogens (tertiary/aromatic N) is 1. The van der Waals surface area contributed by atoms with Crippen molar-refractivity contribution in [3.8, 4) is 0 Å². The predicted molar refractivity (Wildman–Crippen MR) is 83.4 cm³/mol. The van der Waals surface area contributed by atoms with E-state index in [1.54, 1.807) is 26.4 Å². The molecule has 0 aliphatic heterocycles. The number of hydrogen-bond acceptors (Lipinski definition) is 4. The van der Waals surface area contributed by atoms with Crippen LogP contribution in [0.3, 0.4) is 0 Å². The molecule has 0 spiro atoms. The zero-order valence-electron chi connectivity index (χ0n) is 13.0. The van der Waals surface area contributed by atoms with Gasteiger partial charge in [0.15, 0.2) is 0 Å². The zero-order valence-corrected chi connectivity index (χ0v) is 13.0. The van der Waals surface area contributed by atoms with Gasteiger partial charge < -0.3 is 9.47 Å². The molecule has 0 heterocycles. The molecule has 0 radical (unpaired) electrons. The second kappa shape index (κ2) is 6.08. The van der Waals surface area contributed by atoms with Crippen molar-refractivity contribution in [3.05, 3.63) is 45.2 Å².